The second kappa shape index (κ2) is 8.18. The molecule has 2 amide bonds. The maximum atomic E-state index is 13.7. The molecule has 7 nitrogen and oxygen atoms in total. The second-order valence-electron chi connectivity index (χ2n) is 7.03. The molecule has 154 valence electrons. The molecule has 0 atom stereocenters. The standard InChI is InChI=1S/C21H25FN4O3/c1-5-26(29)9-8-23-21(28)19-12(2)18(25(4)13(19)3)11-16-15-10-14(22)6-7-17(15)24-20(16)27/h6-7,10-11,29H,5,8-9H2,1-4H3,(H,23,28)(H,24,27). The van der Waals surface area contributed by atoms with Gasteiger partial charge in [-0.3, -0.25) is 9.59 Å². The molecule has 1 aliphatic rings. The number of aromatic nitrogens is 1. The van der Waals surface area contributed by atoms with E-state index in [1.807, 2.05) is 32.4 Å². The van der Waals surface area contributed by atoms with Crippen molar-refractivity contribution < 1.29 is 19.2 Å². The summed E-state index contributed by atoms with van der Waals surface area (Å²) >= 11 is 0. The predicted molar refractivity (Wildman–Crippen MR) is 109 cm³/mol. The summed E-state index contributed by atoms with van der Waals surface area (Å²) in [6.07, 6.45) is 1.69. The molecular formula is C21H25FN4O3. The zero-order valence-corrected chi connectivity index (χ0v) is 17.0. The van der Waals surface area contributed by atoms with Gasteiger partial charge in [0.05, 0.1) is 11.1 Å². The minimum atomic E-state index is -0.420. The number of nitrogens with one attached hydrogen (secondary N) is 2. The van der Waals surface area contributed by atoms with Crippen molar-refractivity contribution in [3.63, 3.8) is 0 Å². The summed E-state index contributed by atoms with van der Waals surface area (Å²) in [4.78, 5) is 25.1. The Morgan fingerprint density at radius 1 is 1.38 bits per heavy atom. The van der Waals surface area contributed by atoms with Crippen molar-refractivity contribution in [1.82, 2.24) is 14.9 Å². The van der Waals surface area contributed by atoms with Crippen LogP contribution in [-0.2, 0) is 11.8 Å². The fourth-order valence-corrected chi connectivity index (χ4v) is 3.52. The lowest BCUT2D eigenvalue weighted by Gasteiger charge is -2.12. The molecule has 0 spiro atoms. The molecule has 2 aromatic rings. The maximum absolute atomic E-state index is 13.7. The first-order valence-corrected chi connectivity index (χ1v) is 9.45. The van der Waals surface area contributed by atoms with Crippen LogP contribution in [0.15, 0.2) is 18.2 Å². The lowest BCUT2D eigenvalue weighted by atomic mass is 10.0. The number of hydroxylamine groups is 2. The van der Waals surface area contributed by atoms with Crippen LogP contribution in [0.4, 0.5) is 10.1 Å². The number of hydrogen-bond acceptors (Lipinski definition) is 4. The Kier molecular flexibility index (Phi) is 5.86. The number of benzene rings is 1. The van der Waals surface area contributed by atoms with Crippen molar-refractivity contribution in [2.75, 3.05) is 25.0 Å². The second-order valence-corrected chi connectivity index (χ2v) is 7.03. The van der Waals surface area contributed by atoms with Gasteiger partial charge in [-0.05, 0) is 43.7 Å². The first kappa shape index (κ1) is 20.8. The first-order chi connectivity index (χ1) is 13.7. The highest BCUT2D eigenvalue weighted by atomic mass is 19.1. The van der Waals surface area contributed by atoms with Crippen LogP contribution >= 0.6 is 0 Å². The van der Waals surface area contributed by atoms with Gasteiger partial charge in [0.1, 0.15) is 5.82 Å². The molecular weight excluding hydrogens is 375 g/mol. The van der Waals surface area contributed by atoms with Crippen molar-refractivity contribution in [2.24, 2.45) is 7.05 Å². The lowest BCUT2D eigenvalue weighted by molar-refractivity contribution is -0.110. The van der Waals surface area contributed by atoms with E-state index < -0.39 is 5.82 Å². The van der Waals surface area contributed by atoms with E-state index in [1.165, 1.54) is 18.2 Å². The highest BCUT2D eigenvalue weighted by molar-refractivity contribution is 6.35. The number of carbonyl (C=O) groups excluding carboxylic acids is 2. The Morgan fingerprint density at radius 2 is 2.10 bits per heavy atom. The molecule has 0 unspecified atom stereocenters. The number of amides is 2. The number of hydrogen-bond donors (Lipinski definition) is 3. The average Bonchev–Trinajstić information content (AvgIpc) is 3.09. The molecule has 0 bridgehead atoms. The fraction of sp³-hybridized carbons (Fsp3) is 0.333. The van der Waals surface area contributed by atoms with E-state index in [0.29, 0.717) is 47.7 Å². The van der Waals surface area contributed by atoms with E-state index in [9.17, 15) is 19.2 Å². The Balaban J connectivity index is 1.94. The number of rotatable bonds is 6. The highest BCUT2D eigenvalue weighted by Gasteiger charge is 2.27. The predicted octanol–water partition coefficient (Wildman–Crippen LogP) is 2.71. The van der Waals surface area contributed by atoms with Gasteiger partial charge in [-0.2, -0.15) is 5.06 Å². The van der Waals surface area contributed by atoms with Gasteiger partial charge in [-0.25, -0.2) is 4.39 Å². The van der Waals surface area contributed by atoms with Crippen LogP contribution in [0.25, 0.3) is 11.6 Å². The van der Waals surface area contributed by atoms with Crippen LogP contribution in [-0.4, -0.2) is 46.3 Å². The minimum absolute atomic E-state index is 0.243. The van der Waals surface area contributed by atoms with E-state index >= 15 is 0 Å². The molecule has 0 saturated heterocycles. The van der Waals surface area contributed by atoms with Gasteiger partial charge in [-0.15, -0.1) is 0 Å². The molecule has 1 aromatic heterocycles. The molecule has 0 fully saturated rings. The van der Waals surface area contributed by atoms with Crippen molar-refractivity contribution >= 4 is 29.2 Å². The van der Waals surface area contributed by atoms with Crippen LogP contribution in [0, 0.1) is 19.7 Å². The van der Waals surface area contributed by atoms with Crippen LogP contribution in [0.5, 0.6) is 0 Å². The van der Waals surface area contributed by atoms with E-state index in [1.54, 1.807) is 6.08 Å². The van der Waals surface area contributed by atoms with Crippen LogP contribution < -0.4 is 10.6 Å². The summed E-state index contributed by atoms with van der Waals surface area (Å²) in [5.74, 6) is -0.972. The van der Waals surface area contributed by atoms with Gasteiger partial charge in [0.25, 0.3) is 11.8 Å². The Labute approximate surface area is 168 Å². The summed E-state index contributed by atoms with van der Waals surface area (Å²) in [5, 5.41) is 16.1. The topological polar surface area (TPSA) is 86.6 Å². The number of likely N-dealkylation sites (N-methyl/N-ethyl adjacent to an activating group) is 1. The van der Waals surface area contributed by atoms with Crippen LogP contribution in [0.2, 0.25) is 0 Å². The molecule has 3 rings (SSSR count). The molecule has 8 heteroatoms. The average molecular weight is 400 g/mol. The monoisotopic (exact) mass is 400 g/mol. The van der Waals surface area contributed by atoms with Crippen molar-refractivity contribution in [3.05, 3.63) is 52.1 Å². The van der Waals surface area contributed by atoms with Gasteiger partial charge in [0.15, 0.2) is 0 Å². The normalized spacial score (nSPS) is 14.4. The molecule has 1 aromatic carbocycles. The summed E-state index contributed by atoms with van der Waals surface area (Å²) in [7, 11) is 1.82. The number of halogens is 1. The number of nitrogens with zero attached hydrogens (tertiary/aromatic N) is 2. The zero-order valence-electron chi connectivity index (χ0n) is 17.0. The molecule has 3 N–H and O–H groups in total. The Morgan fingerprint density at radius 3 is 2.79 bits per heavy atom. The molecule has 2 heterocycles. The summed E-state index contributed by atoms with van der Waals surface area (Å²) in [6.45, 7) is 6.57. The Bertz CT molecular complexity index is 1010. The van der Waals surface area contributed by atoms with Gasteiger partial charge in [0.2, 0.25) is 0 Å². The number of anilines is 1. The number of fused-ring (bicyclic) bond motifs is 1. The highest BCUT2D eigenvalue weighted by Crippen LogP contribution is 2.35. The third-order valence-electron chi connectivity index (χ3n) is 5.28. The van der Waals surface area contributed by atoms with E-state index in [-0.39, 0.29) is 11.8 Å². The van der Waals surface area contributed by atoms with Crippen LogP contribution in [0.1, 0.15) is 39.8 Å². The summed E-state index contributed by atoms with van der Waals surface area (Å²) < 4.78 is 15.5. The van der Waals surface area contributed by atoms with Gasteiger partial charge in [-0.1, -0.05) is 6.92 Å². The fourth-order valence-electron chi connectivity index (χ4n) is 3.52. The smallest absolute Gasteiger partial charge is 0.256 e. The summed E-state index contributed by atoms with van der Waals surface area (Å²) in [5.41, 5.74) is 4.13. The zero-order chi connectivity index (χ0) is 21.3. The number of carbonyl (C=O) groups is 2. The third-order valence-corrected chi connectivity index (χ3v) is 5.28. The van der Waals surface area contributed by atoms with Crippen molar-refractivity contribution in [2.45, 2.75) is 20.8 Å². The molecule has 0 radical (unpaired) electrons. The first-order valence-electron chi connectivity index (χ1n) is 9.45. The maximum Gasteiger partial charge on any atom is 0.256 e. The van der Waals surface area contributed by atoms with Crippen molar-refractivity contribution in [1.29, 1.82) is 0 Å². The molecule has 0 saturated carbocycles. The summed E-state index contributed by atoms with van der Waals surface area (Å²) in [6, 6.07) is 4.16. The minimum Gasteiger partial charge on any atom is -0.351 e. The van der Waals surface area contributed by atoms with Crippen molar-refractivity contribution in [3.8, 4) is 0 Å². The molecule has 0 aliphatic carbocycles. The molecule has 1 aliphatic heterocycles. The largest absolute Gasteiger partial charge is 0.351 e. The van der Waals surface area contributed by atoms with Gasteiger partial charge in [0, 0.05) is 49.3 Å². The lowest BCUT2D eigenvalue weighted by Crippen LogP contribution is -2.33. The Hall–Kier alpha value is -2.97. The van der Waals surface area contributed by atoms with Crippen LogP contribution in [0.3, 0.4) is 0 Å². The quantitative estimate of drug-likeness (QED) is 0.514. The van der Waals surface area contributed by atoms with E-state index in [2.05, 4.69) is 10.6 Å². The van der Waals surface area contributed by atoms with Gasteiger partial charge < -0.3 is 20.4 Å². The molecule has 29 heavy (non-hydrogen) atoms. The van der Waals surface area contributed by atoms with E-state index in [4.69, 9.17) is 0 Å². The van der Waals surface area contributed by atoms with E-state index in [0.717, 1.165) is 16.3 Å². The van der Waals surface area contributed by atoms with Gasteiger partial charge >= 0.3 is 0 Å². The SMILES string of the molecule is CCN(O)CCNC(=O)c1c(C)c(C=C2C(=O)Nc3ccc(F)cc32)n(C)c1C. The third kappa shape index (κ3) is 3.94.